The molecule has 0 unspecified atom stereocenters. The number of piperidine rings is 1. The van der Waals surface area contributed by atoms with Gasteiger partial charge in [-0.15, -0.1) is 0 Å². The Hall–Kier alpha value is -0.570. The standard InChI is InChI=1S/C17H32NO2/c1-18(12-6-3-7-13-18)15-17(19)20-14-8-11-16-9-4-2-5-10-16/h16H,2-15H2,1H3/q+1. The predicted molar refractivity (Wildman–Crippen MR) is 81.4 cm³/mol. The minimum Gasteiger partial charge on any atom is -0.462 e. The zero-order valence-electron chi connectivity index (χ0n) is 13.2. The van der Waals surface area contributed by atoms with E-state index >= 15 is 0 Å². The molecule has 2 rings (SSSR count). The second-order valence-corrected chi connectivity index (χ2v) is 7.15. The van der Waals surface area contributed by atoms with Gasteiger partial charge >= 0.3 is 5.97 Å². The number of carbonyl (C=O) groups is 1. The van der Waals surface area contributed by atoms with Gasteiger partial charge in [-0.3, -0.25) is 0 Å². The van der Waals surface area contributed by atoms with Crippen molar-refractivity contribution in [2.45, 2.75) is 64.2 Å². The van der Waals surface area contributed by atoms with Crippen LogP contribution in [0.5, 0.6) is 0 Å². The van der Waals surface area contributed by atoms with Gasteiger partial charge < -0.3 is 9.22 Å². The van der Waals surface area contributed by atoms with Gasteiger partial charge in [0.1, 0.15) is 0 Å². The first-order chi connectivity index (χ1) is 9.68. The van der Waals surface area contributed by atoms with E-state index in [1.165, 1.54) is 57.8 Å². The van der Waals surface area contributed by atoms with Crippen molar-refractivity contribution < 1.29 is 14.0 Å². The normalized spacial score (nSPS) is 23.4. The molecule has 1 aliphatic carbocycles. The summed E-state index contributed by atoms with van der Waals surface area (Å²) in [6, 6.07) is 0. The Bertz CT molecular complexity index is 291. The van der Waals surface area contributed by atoms with Crippen molar-refractivity contribution in [3.8, 4) is 0 Å². The van der Waals surface area contributed by atoms with Gasteiger partial charge in [-0.05, 0) is 38.0 Å². The molecule has 0 spiro atoms. The molecule has 116 valence electrons. The maximum Gasteiger partial charge on any atom is 0.361 e. The molecule has 1 saturated carbocycles. The van der Waals surface area contributed by atoms with Gasteiger partial charge in [-0.1, -0.05) is 32.1 Å². The van der Waals surface area contributed by atoms with E-state index in [1.807, 2.05) is 0 Å². The zero-order valence-corrected chi connectivity index (χ0v) is 13.2. The van der Waals surface area contributed by atoms with Crippen LogP contribution in [0.2, 0.25) is 0 Å². The van der Waals surface area contributed by atoms with E-state index in [1.54, 1.807) is 0 Å². The fourth-order valence-corrected chi connectivity index (χ4v) is 3.82. The second-order valence-electron chi connectivity index (χ2n) is 7.15. The molecule has 0 aromatic rings. The van der Waals surface area contributed by atoms with Crippen LogP contribution in [0.4, 0.5) is 0 Å². The molecular weight excluding hydrogens is 250 g/mol. The Morgan fingerprint density at radius 1 is 1.05 bits per heavy atom. The number of hydrogen-bond donors (Lipinski definition) is 0. The molecule has 1 saturated heterocycles. The lowest BCUT2D eigenvalue weighted by Gasteiger charge is -2.36. The first kappa shape index (κ1) is 15.8. The average Bonchev–Trinajstić information content (AvgIpc) is 2.45. The number of carbonyl (C=O) groups excluding carboxylic acids is 1. The van der Waals surface area contributed by atoms with Crippen LogP contribution >= 0.6 is 0 Å². The minimum absolute atomic E-state index is 0.0121. The largest absolute Gasteiger partial charge is 0.462 e. The molecule has 0 aromatic heterocycles. The van der Waals surface area contributed by atoms with Gasteiger partial charge in [0.05, 0.1) is 26.7 Å². The highest BCUT2D eigenvalue weighted by molar-refractivity contribution is 5.70. The summed E-state index contributed by atoms with van der Waals surface area (Å²) < 4.78 is 6.34. The SMILES string of the molecule is C[N+]1(CC(=O)OCCCC2CCCCC2)CCCCC1. The predicted octanol–water partition coefficient (Wildman–Crippen LogP) is 3.52. The van der Waals surface area contributed by atoms with E-state index in [-0.39, 0.29) is 5.97 Å². The van der Waals surface area contributed by atoms with Crippen molar-refractivity contribution in [3.05, 3.63) is 0 Å². The Morgan fingerprint density at radius 3 is 2.40 bits per heavy atom. The van der Waals surface area contributed by atoms with Crippen LogP contribution in [0.3, 0.4) is 0 Å². The molecule has 20 heavy (non-hydrogen) atoms. The molecule has 0 amide bonds. The Balaban J connectivity index is 1.55. The third-order valence-corrected chi connectivity index (χ3v) is 5.15. The molecule has 3 nitrogen and oxygen atoms in total. The van der Waals surface area contributed by atoms with Crippen molar-refractivity contribution in [3.63, 3.8) is 0 Å². The molecular formula is C17H32NO2+. The first-order valence-corrected chi connectivity index (χ1v) is 8.67. The lowest BCUT2D eigenvalue weighted by Crippen LogP contribution is -2.51. The summed E-state index contributed by atoms with van der Waals surface area (Å²) in [7, 11) is 2.20. The summed E-state index contributed by atoms with van der Waals surface area (Å²) in [4.78, 5) is 11.9. The van der Waals surface area contributed by atoms with Crippen LogP contribution in [0.15, 0.2) is 0 Å². The van der Waals surface area contributed by atoms with Crippen LogP contribution in [-0.2, 0) is 9.53 Å². The van der Waals surface area contributed by atoms with Crippen LogP contribution in [0.25, 0.3) is 0 Å². The molecule has 0 radical (unpaired) electrons. The summed E-state index contributed by atoms with van der Waals surface area (Å²) >= 11 is 0. The number of rotatable bonds is 6. The molecule has 0 N–H and O–H groups in total. The molecule has 1 heterocycles. The van der Waals surface area contributed by atoms with E-state index in [4.69, 9.17) is 4.74 Å². The monoisotopic (exact) mass is 282 g/mol. The highest BCUT2D eigenvalue weighted by atomic mass is 16.5. The minimum atomic E-state index is 0.0121. The summed E-state index contributed by atoms with van der Waals surface area (Å²) in [5.74, 6) is 0.909. The fourth-order valence-electron chi connectivity index (χ4n) is 3.82. The molecule has 2 fully saturated rings. The van der Waals surface area contributed by atoms with Gasteiger partial charge in [0, 0.05) is 0 Å². The number of esters is 1. The lowest BCUT2D eigenvalue weighted by molar-refractivity contribution is -0.907. The summed E-state index contributed by atoms with van der Waals surface area (Å²) in [6.45, 7) is 3.48. The third-order valence-electron chi connectivity index (χ3n) is 5.15. The Kier molecular flexibility index (Phi) is 6.34. The van der Waals surface area contributed by atoms with Gasteiger partial charge in [-0.2, -0.15) is 0 Å². The zero-order chi connectivity index (χ0) is 14.3. The van der Waals surface area contributed by atoms with Crippen molar-refractivity contribution >= 4 is 5.97 Å². The highest BCUT2D eigenvalue weighted by Crippen LogP contribution is 2.27. The Morgan fingerprint density at radius 2 is 1.70 bits per heavy atom. The maximum absolute atomic E-state index is 11.9. The molecule has 0 aromatic carbocycles. The number of ether oxygens (including phenoxy) is 1. The van der Waals surface area contributed by atoms with Gasteiger partial charge in [0.15, 0.2) is 6.54 Å². The van der Waals surface area contributed by atoms with E-state index in [0.29, 0.717) is 13.2 Å². The summed E-state index contributed by atoms with van der Waals surface area (Å²) in [5.41, 5.74) is 0. The van der Waals surface area contributed by atoms with Crippen molar-refractivity contribution in [1.29, 1.82) is 0 Å². The van der Waals surface area contributed by atoms with Gasteiger partial charge in [-0.25, -0.2) is 4.79 Å². The van der Waals surface area contributed by atoms with E-state index in [0.717, 1.165) is 29.9 Å². The number of nitrogens with zero attached hydrogens (tertiary/aromatic N) is 1. The summed E-state index contributed by atoms with van der Waals surface area (Å²) in [6.07, 6.45) is 13.1. The smallest absolute Gasteiger partial charge is 0.361 e. The molecule has 3 heteroatoms. The Labute approximate surface area is 124 Å². The van der Waals surface area contributed by atoms with Crippen molar-refractivity contribution in [2.75, 3.05) is 33.3 Å². The van der Waals surface area contributed by atoms with E-state index < -0.39 is 0 Å². The molecule has 0 bridgehead atoms. The van der Waals surface area contributed by atoms with E-state index in [9.17, 15) is 4.79 Å². The molecule has 0 atom stereocenters. The highest BCUT2D eigenvalue weighted by Gasteiger charge is 2.28. The second kappa shape index (κ2) is 8.02. The quantitative estimate of drug-likeness (QED) is 0.423. The van der Waals surface area contributed by atoms with Crippen LogP contribution < -0.4 is 0 Å². The van der Waals surface area contributed by atoms with Crippen LogP contribution in [0, 0.1) is 5.92 Å². The average molecular weight is 282 g/mol. The number of likely N-dealkylation sites (tertiary alicyclic amines) is 1. The van der Waals surface area contributed by atoms with Gasteiger partial charge in [0.25, 0.3) is 0 Å². The lowest BCUT2D eigenvalue weighted by atomic mass is 9.86. The van der Waals surface area contributed by atoms with Crippen LogP contribution in [-0.4, -0.2) is 43.7 Å². The third kappa shape index (κ3) is 5.43. The number of likely N-dealkylation sites (N-methyl/N-ethyl adjacent to an activating group) is 1. The number of hydrogen-bond acceptors (Lipinski definition) is 2. The first-order valence-electron chi connectivity index (χ1n) is 8.67. The number of quaternary nitrogens is 1. The van der Waals surface area contributed by atoms with Crippen molar-refractivity contribution in [1.82, 2.24) is 0 Å². The fraction of sp³-hybridized carbons (Fsp3) is 0.941. The van der Waals surface area contributed by atoms with Gasteiger partial charge in [0.2, 0.25) is 0 Å². The van der Waals surface area contributed by atoms with Crippen molar-refractivity contribution in [2.24, 2.45) is 5.92 Å². The van der Waals surface area contributed by atoms with Crippen LogP contribution in [0.1, 0.15) is 64.2 Å². The van der Waals surface area contributed by atoms with E-state index in [2.05, 4.69) is 7.05 Å². The molecule has 2 aliphatic rings. The summed E-state index contributed by atoms with van der Waals surface area (Å²) in [5, 5.41) is 0. The topological polar surface area (TPSA) is 26.3 Å². The molecule has 1 aliphatic heterocycles. The maximum atomic E-state index is 11.9.